The zero-order chi connectivity index (χ0) is 13.8. The summed E-state index contributed by atoms with van der Waals surface area (Å²) in [6.07, 6.45) is 6.02. The second-order valence-electron chi connectivity index (χ2n) is 6.08. The molecule has 0 aromatic heterocycles. The maximum Gasteiger partial charge on any atom is 0.123 e. The molecule has 3 N–H and O–H groups in total. The van der Waals surface area contributed by atoms with Crippen LogP contribution < -0.4 is 11.3 Å². The SMILES string of the molecule is Cc1cc(F)ccc1CC(NN)C1CCCC(C)C1. The maximum atomic E-state index is 13.1. The van der Waals surface area contributed by atoms with Gasteiger partial charge in [0.1, 0.15) is 5.82 Å². The first kappa shape index (κ1) is 14.5. The molecule has 1 aliphatic rings. The van der Waals surface area contributed by atoms with Crippen molar-refractivity contribution < 1.29 is 4.39 Å². The van der Waals surface area contributed by atoms with Crippen molar-refractivity contribution in [1.82, 2.24) is 5.43 Å². The summed E-state index contributed by atoms with van der Waals surface area (Å²) in [4.78, 5) is 0. The molecule has 0 heterocycles. The second-order valence-corrected chi connectivity index (χ2v) is 6.08. The molecule has 0 saturated heterocycles. The number of benzene rings is 1. The highest BCUT2D eigenvalue weighted by Gasteiger charge is 2.26. The minimum atomic E-state index is -0.162. The van der Waals surface area contributed by atoms with Gasteiger partial charge >= 0.3 is 0 Å². The van der Waals surface area contributed by atoms with E-state index in [9.17, 15) is 4.39 Å². The molecule has 2 rings (SSSR count). The van der Waals surface area contributed by atoms with Crippen LogP contribution in [0.15, 0.2) is 18.2 Å². The number of rotatable bonds is 4. The molecule has 1 fully saturated rings. The number of nitrogens with one attached hydrogen (secondary N) is 1. The summed E-state index contributed by atoms with van der Waals surface area (Å²) in [6.45, 7) is 4.29. The molecule has 19 heavy (non-hydrogen) atoms. The standard InChI is InChI=1S/C16H25FN2/c1-11-4-3-5-14(8-11)16(19-18)10-13-6-7-15(17)9-12(13)2/h6-7,9,11,14,16,19H,3-5,8,10,18H2,1-2H3. The highest BCUT2D eigenvalue weighted by Crippen LogP contribution is 2.32. The second kappa shape index (κ2) is 6.49. The highest BCUT2D eigenvalue weighted by atomic mass is 19.1. The molecule has 3 heteroatoms. The van der Waals surface area contributed by atoms with Gasteiger partial charge in [-0.2, -0.15) is 0 Å². The Kier molecular flexibility index (Phi) is 4.94. The smallest absolute Gasteiger partial charge is 0.123 e. The van der Waals surface area contributed by atoms with Crippen molar-refractivity contribution in [1.29, 1.82) is 0 Å². The van der Waals surface area contributed by atoms with Crippen LogP contribution in [0.25, 0.3) is 0 Å². The third-order valence-corrected chi connectivity index (χ3v) is 4.50. The molecule has 3 atom stereocenters. The first-order valence-electron chi connectivity index (χ1n) is 7.31. The molecule has 0 amide bonds. The van der Waals surface area contributed by atoms with Crippen molar-refractivity contribution >= 4 is 0 Å². The predicted molar refractivity (Wildman–Crippen MR) is 77.1 cm³/mol. The first-order valence-corrected chi connectivity index (χ1v) is 7.31. The van der Waals surface area contributed by atoms with Gasteiger partial charge in [0.25, 0.3) is 0 Å². The minimum Gasteiger partial charge on any atom is -0.271 e. The Bertz CT molecular complexity index is 419. The summed E-state index contributed by atoms with van der Waals surface area (Å²) in [6, 6.07) is 5.33. The van der Waals surface area contributed by atoms with Crippen LogP contribution >= 0.6 is 0 Å². The van der Waals surface area contributed by atoms with Gasteiger partial charge in [0.05, 0.1) is 0 Å². The van der Waals surface area contributed by atoms with E-state index >= 15 is 0 Å². The third-order valence-electron chi connectivity index (χ3n) is 4.50. The maximum absolute atomic E-state index is 13.1. The summed E-state index contributed by atoms with van der Waals surface area (Å²) in [5, 5.41) is 0. The van der Waals surface area contributed by atoms with Crippen LogP contribution in [0.3, 0.4) is 0 Å². The van der Waals surface area contributed by atoms with Crippen molar-refractivity contribution in [2.24, 2.45) is 17.7 Å². The van der Waals surface area contributed by atoms with Crippen molar-refractivity contribution in [3.8, 4) is 0 Å². The molecule has 3 unspecified atom stereocenters. The quantitative estimate of drug-likeness (QED) is 0.646. The minimum absolute atomic E-state index is 0.162. The van der Waals surface area contributed by atoms with Crippen LogP contribution in [-0.2, 0) is 6.42 Å². The Morgan fingerprint density at radius 3 is 2.84 bits per heavy atom. The molecule has 1 aromatic rings. The van der Waals surface area contributed by atoms with E-state index in [1.54, 1.807) is 12.1 Å². The molecular formula is C16H25FN2. The molecule has 1 saturated carbocycles. The summed E-state index contributed by atoms with van der Waals surface area (Å²) in [5.41, 5.74) is 5.20. The van der Waals surface area contributed by atoms with E-state index in [0.29, 0.717) is 12.0 Å². The van der Waals surface area contributed by atoms with Gasteiger partial charge < -0.3 is 0 Å². The highest BCUT2D eigenvalue weighted by molar-refractivity contribution is 5.27. The lowest BCUT2D eigenvalue weighted by Crippen LogP contribution is -2.44. The fourth-order valence-electron chi connectivity index (χ4n) is 3.33. The lowest BCUT2D eigenvalue weighted by atomic mass is 9.77. The largest absolute Gasteiger partial charge is 0.271 e. The Morgan fingerprint density at radius 2 is 2.21 bits per heavy atom. The Labute approximate surface area is 115 Å². The molecule has 0 spiro atoms. The molecule has 0 bridgehead atoms. The monoisotopic (exact) mass is 264 g/mol. The van der Waals surface area contributed by atoms with Crippen molar-refractivity contribution in [3.63, 3.8) is 0 Å². The summed E-state index contributed by atoms with van der Waals surface area (Å²) < 4.78 is 13.1. The molecule has 0 radical (unpaired) electrons. The number of aryl methyl sites for hydroxylation is 1. The van der Waals surface area contributed by atoms with E-state index in [0.717, 1.165) is 17.9 Å². The lowest BCUT2D eigenvalue weighted by Gasteiger charge is -2.33. The predicted octanol–water partition coefficient (Wildman–Crippen LogP) is 3.33. The van der Waals surface area contributed by atoms with E-state index < -0.39 is 0 Å². The average molecular weight is 264 g/mol. The van der Waals surface area contributed by atoms with E-state index in [-0.39, 0.29) is 5.82 Å². The normalized spacial score (nSPS) is 25.3. The van der Waals surface area contributed by atoms with Gasteiger partial charge in [-0.25, -0.2) is 4.39 Å². The fraction of sp³-hybridized carbons (Fsp3) is 0.625. The van der Waals surface area contributed by atoms with Crippen LogP contribution in [0, 0.1) is 24.6 Å². The molecule has 1 aromatic carbocycles. The van der Waals surface area contributed by atoms with Gasteiger partial charge in [-0.15, -0.1) is 0 Å². The van der Waals surface area contributed by atoms with Crippen molar-refractivity contribution in [3.05, 3.63) is 35.1 Å². The summed E-state index contributed by atoms with van der Waals surface area (Å²) >= 11 is 0. The first-order chi connectivity index (χ1) is 9.10. The topological polar surface area (TPSA) is 38.0 Å². The average Bonchev–Trinajstić information content (AvgIpc) is 2.38. The van der Waals surface area contributed by atoms with E-state index in [1.165, 1.54) is 31.2 Å². The number of halogens is 1. The van der Waals surface area contributed by atoms with Gasteiger partial charge in [0, 0.05) is 6.04 Å². The van der Waals surface area contributed by atoms with Crippen molar-refractivity contribution in [2.45, 2.75) is 52.0 Å². The van der Waals surface area contributed by atoms with Gasteiger partial charge in [-0.1, -0.05) is 25.8 Å². The van der Waals surface area contributed by atoms with Crippen LogP contribution in [0.4, 0.5) is 4.39 Å². The number of hydrazine groups is 1. The van der Waals surface area contributed by atoms with Gasteiger partial charge in [0.15, 0.2) is 0 Å². The zero-order valence-electron chi connectivity index (χ0n) is 12.0. The number of nitrogens with two attached hydrogens (primary N) is 1. The summed E-state index contributed by atoms with van der Waals surface area (Å²) in [5.74, 6) is 7.02. The van der Waals surface area contributed by atoms with Gasteiger partial charge in [-0.05, 0) is 61.3 Å². The van der Waals surface area contributed by atoms with E-state index in [4.69, 9.17) is 5.84 Å². The number of hydrogen-bond donors (Lipinski definition) is 2. The summed E-state index contributed by atoms with van der Waals surface area (Å²) in [7, 11) is 0. The number of hydrogen-bond acceptors (Lipinski definition) is 2. The Morgan fingerprint density at radius 1 is 1.42 bits per heavy atom. The zero-order valence-corrected chi connectivity index (χ0v) is 12.0. The molecule has 1 aliphatic carbocycles. The lowest BCUT2D eigenvalue weighted by molar-refractivity contribution is 0.222. The van der Waals surface area contributed by atoms with Gasteiger partial charge in [0.2, 0.25) is 0 Å². The van der Waals surface area contributed by atoms with Gasteiger partial charge in [-0.3, -0.25) is 11.3 Å². The van der Waals surface area contributed by atoms with Crippen LogP contribution in [-0.4, -0.2) is 6.04 Å². The molecule has 106 valence electrons. The van der Waals surface area contributed by atoms with E-state index in [1.807, 2.05) is 13.0 Å². The molecular weight excluding hydrogens is 239 g/mol. The van der Waals surface area contributed by atoms with Crippen LogP contribution in [0.2, 0.25) is 0 Å². The Balaban J connectivity index is 2.05. The fourth-order valence-corrected chi connectivity index (χ4v) is 3.33. The van der Waals surface area contributed by atoms with E-state index in [2.05, 4.69) is 12.3 Å². The Hall–Kier alpha value is -0.930. The molecule has 2 nitrogen and oxygen atoms in total. The van der Waals surface area contributed by atoms with Crippen LogP contribution in [0.1, 0.15) is 43.7 Å². The third kappa shape index (κ3) is 3.77. The van der Waals surface area contributed by atoms with Crippen molar-refractivity contribution in [2.75, 3.05) is 0 Å². The molecule has 0 aliphatic heterocycles. The van der Waals surface area contributed by atoms with Crippen LogP contribution in [0.5, 0.6) is 0 Å².